The second-order valence-corrected chi connectivity index (χ2v) is 9.22. The number of nitrogens with zero attached hydrogens (tertiary/aromatic N) is 5. The first kappa shape index (κ1) is 17.7. The number of hydrogen-bond acceptors (Lipinski definition) is 6. The smallest absolute Gasteiger partial charge is 0.271 e. The fourth-order valence-corrected chi connectivity index (χ4v) is 5.25. The standard InChI is InChI=1S/C19H22N6O2S/c1-11-22-17-14(15(28-11)13-10-21-24-7-4-6-20-16(13)24)18(26)23-25(17)12-5-8-27-19(2,3)9-12/h4,6-7,10,12,15H,5,8-9H2,1-3H3,(H,23,26)/t12-,15+/m1/s1. The minimum Gasteiger partial charge on any atom is -0.375 e. The van der Waals surface area contributed by atoms with Crippen LogP contribution in [0.5, 0.6) is 0 Å². The SMILES string of the molecule is CC1=Nc2c(c(=O)[nH]n2[C@@H]2CCOC(C)(C)C2)[C@H](c2cnn3cccnc23)S1. The lowest BCUT2D eigenvalue weighted by molar-refractivity contribution is -0.0705. The van der Waals surface area contributed by atoms with E-state index in [1.165, 1.54) is 0 Å². The zero-order valence-electron chi connectivity index (χ0n) is 16.0. The Balaban J connectivity index is 1.64. The van der Waals surface area contributed by atoms with Crippen molar-refractivity contribution < 1.29 is 4.74 Å². The topological polar surface area (TPSA) is 89.6 Å². The number of nitrogens with one attached hydrogen (secondary N) is 1. The number of fused-ring (bicyclic) bond motifs is 2. The molecule has 0 unspecified atom stereocenters. The van der Waals surface area contributed by atoms with E-state index in [0.29, 0.717) is 12.2 Å². The van der Waals surface area contributed by atoms with Crippen LogP contribution in [0.2, 0.25) is 0 Å². The monoisotopic (exact) mass is 398 g/mol. The Hall–Kier alpha value is -2.39. The number of hydrogen-bond donors (Lipinski definition) is 1. The first-order valence-corrected chi connectivity index (χ1v) is 10.3. The van der Waals surface area contributed by atoms with Gasteiger partial charge in [0, 0.05) is 24.6 Å². The highest BCUT2D eigenvalue weighted by Gasteiger charge is 2.36. The van der Waals surface area contributed by atoms with E-state index in [0.717, 1.165) is 34.9 Å². The second-order valence-electron chi connectivity index (χ2n) is 7.92. The van der Waals surface area contributed by atoms with E-state index in [1.807, 2.05) is 23.9 Å². The molecule has 0 aromatic carbocycles. The Bertz CT molecular complexity index is 1140. The van der Waals surface area contributed by atoms with Crippen molar-refractivity contribution in [1.29, 1.82) is 0 Å². The predicted octanol–water partition coefficient (Wildman–Crippen LogP) is 3.24. The van der Waals surface area contributed by atoms with Crippen LogP contribution in [0.25, 0.3) is 5.65 Å². The van der Waals surface area contributed by atoms with E-state index >= 15 is 0 Å². The number of H-pyrrole nitrogens is 1. The van der Waals surface area contributed by atoms with Crippen molar-refractivity contribution >= 4 is 28.3 Å². The molecule has 0 aliphatic carbocycles. The highest BCUT2D eigenvalue weighted by molar-refractivity contribution is 8.14. The summed E-state index contributed by atoms with van der Waals surface area (Å²) >= 11 is 1.57. The van der Waals surface area contributed by atoms with Crippen molar-refractivity contribution in [2.75, 3.05) is 6.61 Å². The molecule has 8 nitrogen and oxygen atoms in total. The summed E-state index contributed by atoms with van der Waals surface area (Å²) < 4.78 is 9.55. The van der Waals surface area contributed by atoms with Crippen LogP contribution in [0, 0.1) is 0 Å². The number of aliphatic imine (C=N–C) groups is 1. The van der Waals surface area contributed by atoms with E-state index in [1.54, 1.807) is 28.7 Å². The lowest BCUT2D eigenvalue weighted by Crippen LogP contribution is -2.35. The summed E-state index contributed by atoms with van der Waals surface area (Å²) in [6.45, 7) is 6.83. The molecule has 1 saturated heterocycles. The summed E-state index contributed by atoms with van der Waals surface area (Å²) in [5.41, 5.74) is 2.06. The summed E-state index contributed by atoms with van der Waals surface area (Å²) in [4.78, 5) is 22.2. The van der Waals surface area contributed by atoms with Gasteiger partial charge in [-0.2, -0.15) is 5.10 Å². The minimum atomic E-state index is -0.217. The average Bonchev–Trinajstić information content (AvgIpc) is 3.22. The maximum Gasteiger partial charge on any atom is 0.271 e. The summed E-state index contributed by atoms with van der Waals surface area (Å²) in [6.07, 6.45) is 7.09. The van der Waals surface area contributed by atoms with Crippen LogP contribution in [-0.2, 0) is 4.74 Å². The van der Waals surface area contributed by atoms with E-state index in [2.05, 4.69) is 29.0 Å². The van der Waals surface area contributed by atoms with Crippen molar-refractivity contribution in [2.24, 2.45) is 4.99 Å². The third kappa shape index (κ3) is 2.80. The number of ether oxygens (including phenoxy) is 1. The molecule has 9 heteroatoms. The summed E-state index contributed by atoms with van der Waals surface area (Å²) in [7, 11) is 0. The van der Waals surface area contributed by atoms with E-state index in [4.69, 9.17) is 9.73 Å². The fourth-order valence-electron chi connectivity index (χ4n) is 4.14. The second kappa shape index (κ2) is 6.31. The lowest BCUT2D eigenvalue weighted by atomic mass is 9.94. The highest BCUT2D eigenvalue weighted by Crippen LogP contribution is 2.46. The molecule has 0 radical (unpaired) electrons. The molecule has 146 valence electrons. The summed E-state index contributed by atoms with van der Waals surface area (Å²) in [6, 6.07) is 1.99. The molecule has 2 aliphatic rings. The van der Waals surface area contributed by atoms with Crippen LogP contribution in [0.15, 0.2) is 34.4 Å². The van der Waals surface area contributed by atoms with E-state index < -0.39 is 0 Å². The molecule has 2 aliphatic heterocycles. The molecule has 0 amide bonds. The molecular weight excluding hydrogens is 376 g/mol. The number of rotatable bonds is 2. The normalized spacial score (nSPS) is 24.2. The van der Waals surface area contributed by atoms with Gasteiger partial charge in [-0.05, 0) is 39.7 Å². The molecule has 2 atom stereocenters. The van der Waals surface area contributed by atoms with Crippen LogP contribution in [0.3, 0.4) is 0 Å². The molecule has 1 N–H and O–H groups in total. The lowest BCUT2D eigenvalue weighted by Gasteiger charge is -2.36. The zero-order valence-corrected chi connectivity index (χ0v) is 16.9. The largest absolute Gasteiger partial charge is 0.375 e. The number of aromatic nitrogens is 5. The number of aromatic amines is 1. The van der Waals surface area contributed by atoms with Crippen LogP contribution in [-0.4, -0.2) is 41.6 Å². The van der Waals surface area contributed by atoms with Crippen LogP contribution in [0.1, 0.15) is 56.0 Å². The van der Waals surface area contributed by atoms with Crippen molar-refractivity contribution in [2.45, 2.75) is 50.5 Å². The average molecular weight is 398 g/mol. The van der Waals surface area contributed by atoms with Gasteiger partial charge in [0.1, 0.15) is 0 Å². The van der Waals surface area contributed by atoms with Gasteiger partial charge in [-0.3, -0.25) is 14.6 Å². The Kier molecular flexibility index (Phi) is 3.99. The van der Waals surface area contributed by atoms with Gasteiger partial charge in [0.25, 0.3) is 5.56 Å². The molecule has 0 spiro atoms. The molecule has 5 heterocycles. The Morgan fingerprint density at radius 2 is 2.25 bits per heavy atom. The zero-order chi connectivity index (χ0) is 19.5. The maximum absolute atomic E-state index is 13.0. The minimum absolute atomic E-state index is 0.0941. The van der Waals surface area contributed by atoms with Gasteiger partial charge in [0.2, 0.25) is 0 Å². The van der Waals surface area contributed by atoms with Gasteiger partial charge in [0.05, 0.1) is 33.7 Å². The van der Waals surface area contributed by atoms with Gasteiger partial charge < -0.3 is 4.74 Å². The van der Waals surface area contributed by atoms with Gasteiger partial charge in [-0.15, -0.1) is 0 Å². The molecule has 1 fully saturated rings. The maximum atomic E-state index is 13.0. The molecular formula is C19H22N6O2S. The van der Waals surface area contributed by atoms with Gasteiger partial charge in [-0.25, -0.2) is 14.5 Å². The van der Waals surface area contributed by atoms with Crippen LogP contribution >= 0.6 is 11.8 Å². The van der Waals surface area contributed by atoms with Crippen LogP contribution < -0.4 is 5.56 Å². The van der Waals surface area contributed by atoms with E-state index in [9.17, 15) is 4.79 Å². The van der Waals surface area contributed by atoms with Gasteiger partial charge in [-0.1, -0.05) is 11.8 Å². The van der Waals surface area contributed by atoms with Crippen LogP contribution in [0.4, 0.5) is 5.82 Å². The third-order valence-electron chi connectivity index (χ3n) is 5.37. The van der Waals surface area contributed by atoms with Crippen molar-refractivity contribution in [3.8, 4) is 0 Å². The summed E-state index contributed by atoms with van der Waals surface area (Å²) in [5, 5.41) is 8.20. The van der Waals surface area contributed by atoms with Crippen molar-refractivity contribution in [3.63, 3.8) is 0 Å². The first-order chi connectivity index (χ1) is 13.4. The quantitative estimate of drug-likeness (QED) is 0.716. The van der Waals surface area contributed by atoms with E-state index in [-0.39, 0.29) is 22.5 Å². The first-order valence-electron chi connectivity index (χ1n) is 9.41. The van der Waals surface area contributed by atoms with Crippen molar-refractivity contribution in [3.05, 3.63) is 46.1 Å². The van der Waals surface area contributed by atoms with Gasteiger partial charge >= 0.3 is 0 Å². The molecule has 0 bridgehead atoms. The van der Waals surface area contributed by atoms with Gasteiger partial charge in [0.15, 0.2) is 11.5 Å². The number of thioether (sulfide) groups is 1. The molecule has 28 heavy (non-hydrogen) atoms. The molecule has 0 saturated carbocycles. The third-order valence-corrected chi connectivity index (χ3v) is 6.53. The molecule has 5 rings (SSSR count). The predicted molar refractivity (Wildman–Crippen MR) is 109 cm³/mol. The Morgan fingerprint density at radius 3 is 3.07 bits per heavy atom. The molecule has 3 aromatic heterocycles. The summed E-state index contributed by atoms with van der Waals surface area (Å²) in [5.74, 6) is 0.726. The Morgan fingerprint density at radius 1 is 1.39 bits per heavy atom. The highest BCUT2D eigenvalue weighted by atomic mass is 32.2. The Labute approximate surface area is 166 Å². The fraction of sp³-hybridized carbons (Fsp3) is 0.474. The molecule has 3 aromatic rings. The van der Waals surface area contributed by atoms with Crippen molar-refractivity contribution in [1.82, 2.24) is 24.4 Å².